The van der Waals surface area contributed by atoms with E-state index in [1.54, 1.807) is 6.92 Å². The van der Waals surface area contributed by atoms with Gasteiger partial charge >= 0.3 is 6.09 Å². The number of ether oxygens (including phenoxy) is 1. The number of anilines is 1. The largest absolute Gasteiger partial charge is 0.450 e. The number of rotatable bonds is 5. The molecule has 6 nitrogen and oxygen atoms in total. The second kappa shape index (κ2) is 6.91. The monoisotopic (exact) mass is 314 g/mol. The predicted octanol–water partition coefficient (Wildman–Crippen LogP) is 2.58. The number of hydrogen-bond donors (Lipinski definition) is 2. The van der Waals surface area contributed by atoms with Crippen LogP contribution in [0.3, 0.4) is 0 Å². The third kappa shape index (κ3) is 6.14. The van der Waals surface area contributed by atoms with Gasteiger partial charge in [0.15, 0.2) is 0 Å². The van der Waals surface area contributed by atoms with Crippen LogP contribution in [0.1, 0.15) is 27.7 Å². The second-order valence-electron chi connectivity index (χ2n) is 5.76. The van der Waals surface area contributed by atoms with Crippen molar-refractivity contribution in [3.8, 4) is 0 Å². The third-order valence-electron chi connectivity index (χ3n) is 2.48. The van der Waals surface area contributed by atoms with Gasteiger partial charge in [-0.25, -0.2) is 17.9 Å². The van der Waals surface area contributed by atoms with Crippen molar-refractivity contribution >= 4 is 21.8 Å². The number of carbonyl (C=O) groups excluding carboxylic acids is 1. The highest BCUT2D eigenvalue weighted by molar-refractivity contribution is 7.89. The summed E-state index contributed by atoms with van der Waals surface area (Å²) in [6.07, 6.45) is -0.570. The standard InChI is InChI=1S/C14H22N2O4S/c1-5-20-13(17)16-11-6-8-12(9-7-11)21(18,19)15-10-14(2,3)4/h6-9,15H,5,10H2,1-4H3,(H,16,17). The van der Waals surface area contributed by atoms with Crippen molar-refractivity contribution in [2.75, 3.05) is 18.5 Å². The summed E-state index contributed by atoms with van der Waals surface area (Å²) in [4.78, 5) is 11.4. The van der Waals surface area contributed by atoms with Crippen molar-refractivity contribution in [3.05, 3.63) is 24.3 Å². The van der Waals surface area contributed by atoms with Crippen LogP contribution in [0.25, 0.3) is 0 Å². The second-order valence-corrected chi connectivity index (χ2v) is 7.52. The summed E-state index contributed by atoms with van der Waals surface area (Å²) in [6, 6.07) is 5.91. The van der Waals surface area contributed by atoms with Crippen LogP contribution in [-0.4, -0.2) is 27.7 Å². The molecular formula is C14H22N2O4S. The Morgan fingerprint density at radius 3 is 2.24 bits per heavy atom. The van der Waals surface area contributed by atoms with Crippen molar-refractivity contribution < 1.29 is 17.9 Å². The molecule has 0 bridgehead atoms. The third-order valence-corrected chi connectivity index (χ3v) is 3.90. The van der Waals surface area contributed by atoms with Gasteiger partial charge in [0, 0.05) is 12.2 Å². The van der Waals surface area contributed by atoms with Gasteiger partial charge < -0.3 is 4.74 Å². The predicted molar refractivity (Wildman–Crippen MR) is 81.7 cm³/mol. The molecule has 118 valence electrons. The van der Waals surface area contributed by atoms with Gasteiger partial charge in [-0.3, -0.25) is 5.32 Å². The van der Waals surface area contributed by atoms with Gasteiger partial charge in [0.1, 0.15) is 0 Å². The quantitative estimate of drug-likeness (QED) is 0.875. The number of carbonyl (C=O) groups is 1. The Hall–Kier alpha value is -1.60. The molecule has 2 N–H and O–H groups in total. The van der Waals surface area contributed by atoms with Crippen LogP contribution < -0.4 is 10.0 Å². The molecule has 0 saturated carbocycles. The van der Waals surface area contributed by atoms with Crippen LogP contribution in [0.5, 0.6) is 0 Å². The highest BCUT2D eigenvalue weighted by Gasteiger charge is 2.18. The lowest BCUT2D eigenvalue weighted by Gasteiger charge is -2.18. The topological polar surface area (TPSA) is 84.5 Å². The summed E-state index contributed by atoms with van der Waals surface area (Å²) in [5, 5.41) is 2.50. The minimum absolute atomic E-state index is 0.140. The lowest BCUT2D eigenvalue weighted by molar-refractivity contribution is 0.168. The molecule has 1 aromatic carbocycles. The summed E-state index contributed by atoms with van der Waals surface area (Å²) in [7, 11) is -3.54. The average molecular weight is 314 g/mol. The van der Waals surface area contributed by atoms with Crippen LogP contribution in [-0.2, 0) is 14.8 Å². The van der Waals surface area contributed by atoms with Crippen LogP contribution in [0, 0.1) is 5.41 Å². The smallest absolute Gasteiger partial charge is 0.411 e. The van der Waals surface area contributed by atoms with E-state index < -0.39 is 16.1 Å². The molecule has 0 aliphatic rings. The zero-order valence-corrected chi connectivity index (χ0v) is 13.6. The first-order chi connectivity index (χ1) is 9.64. The fourth-order valence-electron chi connectivity index (χ4n) is 1.40. The maximum Gasteiger partial charge on any atom is 0.411 e. The van der Waals surface area contributed by atoms with E-state index in [0.717, 1.165) is 0 Å². The Labute approximate surface area is 125 Å². The van der Waals surface area contributed by atoms with Crippen molar-refractivity contribution in [2.24, 2.45) is 5.41 Å². The van der Waals surface area contributed by atoms with Crippen LogP contribution in [0.15, 0.2) is 29.2 Å². The van der Waals surface area contributed by atoms with Gasteiger partial charge in [0.25, 0.3) is 0 Å². The van der Waals surface area contributed by atoms with Gasteiger partial charge in [0.2, 0.25) is 10.0 Å². The van der Waals surface area contributed by atoms with E-state index in [-0.39, 0.29) is 16.9 Å². The lowest BCUT2D eigenvalue weighted by atomic mass is 9.98. The van der Waals surface area contributed by atoms with Crippen molar-refractivity contribution in [1.29, 1.82) is 0 Å². The molecule has 0 unspecified atom stereocenters. The molecule has 0 aliphatic carbocycles. The van der Waals surface area contributed by atoms with E-state index in [1.807, 2.05) is 20.8 Å². The molecule has 0 heterocycles. The Morgan fingerprint density at radius 2 is 1.76 bits per heavy atom. The molecule has 0 fully saturated rings. The number of hydrogen-bond acceptors (Lipinski definition) is 4. The first-order valence-electron chi connectivity index (χ1n) is 6.67. The van der Waals surface area contributed by atoms with Crippen molar-refractivity contribution in [2.45, 2.75) is 32.6 Å². The molecule has 1 rings (SSSR count). The van der Waals surface area contributed by atoms with Gasteiger partial charge in [-0.1, -0.05) is 20.8 Å². The SMILES string of the molecule is CCOC(=O)Nc1ccc(S(=O)(=O)NCC(C)(C)C)cc1. The summed E-state index contributed by atoms with van der Waals surface area (Å²) in [5.74, 6) is 0. The Bertz CT molecular complexity index is 574. The summed E-state index contributed by atoms with van der Waals surface area (Å²) >= 11 is 0. The number of benzene rings is 1. The molecule has 0 saturated heterocycles. The minimum atomic E-state index is -3.54. The molecule has 0 atom stereocenters. The first kappa shape index (κ1) is 17.5. The van der Waals surface area contributed by atoms with E-state index in [2.05, 4.69) is 10.0 Å². The van der Waals surface area contributed by atoms with Crippen LogP contribution in [0.4, 0.5) is 10.5 Å². The van der Waals surface area contributed by atoms with Crippen LogP contribution >= 0.6 is 0 Å². The highest BCUT2D eigenvalue weighted by Crippen LogP contribution is 2.16. The summed E-state index contributed by atoms with van der Waals surface area (Å²) in [5.41, 5.74) is 0.335. The van der Waals surface area contributed by atoms with Gasteiger partial charge in [0.05, 0.1) is 11.5 Å². The van der Waals surface area contributed by atoms with E-state index in [1.165, 1.54) is 24.3 Å². The van der Waals surface area contributed by atoms with E-state index in [9.17, 15) is 13.2 Å². The Balaban J connectivity index is 2.75. The molecule has 1 aromatic rings. The number of sulfonamides is 1. The normalized spacial score (nSPS) is 12.0. The molecule has 1 amide bonds. The van der Waals surface area contributed by atoms with Gasteiger partial charge in [-0.2, -0.15) is 0 Å². The maximum absolute atomic E-state index is 12.1. The fraction of sp³-hybridized carbons (Fsp3) is 0.500. The lowest BCUT2D eigenvalue weighted by Crippen LogP contribution is -2.32. The summed E-state index contributed by atoms with van der Waals surface area (Å²) in [6.45, 7) is 8.16. The molecule has 7 heteroatoms. The Kier molecular flexibility index (Phi) is 5.74. The maximum atomic E-state index is 12.1. The highest BCUT2D eigenvalue weighted by atomic mass is 32.2. The molecular weight excluding hydrogens is 292 g/mol. The van der Waals surface area contributed by atoms with Crippen molar-refractivity contribution in [3.63, 3.8) is 0 Å². The average Bonchev–Trinajstić information content (AvgIpc) is 2.37. The van der Waals surface area contributed by atoms with Crippen molar-refractivity contribution in [1.82, 2.24) is 4.72 Å². The summed E-state index contributed by atoms with van der Waals surface area (Å²) < 4.78 is 31.5. The molecule has 0 aromatic heterocycles. The van der Waals surface area contributed by atoms with Gasteiger partial charge in [-0.15, -0.1) is 0 Å². The number of nitrogens with one attached hydrogen (secondary N) is 2. The molecule has 21 heavy (non-hydrogen) atoms. The van der Waals surface area contributed by atoms with E-state index in [0.29, 0.717) is 12.2 Å². The molecule has 0 aliphatic heterocycles. The molecule has 0 radical (unpaired) electrons. The van der Waals surface area contributed by atoms with Crippen LogP contribution in [0.2, 0.25) is 0 Å². The van der Waals surface area contributed by atoms with E-state index in [4.69, 9.17) is 4.74 Å². The fourth-order valence-corrected chi connectivity index (χ4v) is 2.68. The Morgan fingerprint density at radius 1 is 1.19 bits per heavy atom. The number of amides is 1. The van der Waals surface area contributed by atoms with Gasteiger partial charge in [-0.05, 0) is 36.6 Å². The van der Waals surface area contributed by atoms with E-state index >= 15 is 0 Å². The minimum Gasteiger partial charge on any atom is -0.450 e. The first-order valence-corrected chi connectivity index (χ1v) is 8.16. The zero-order chi connectivity index (χ0) is 16.1. The molecule has 0 spiro atoms. The zero-order valence-electron chi connectivity index (χ0n) is 12.8.